The SMILES string of the molecule is Cc1ccc(NC(=O)CN(C)S(=O)(=O)c2ccc(C)cc2Cl)cc1. The number of carbonyl (C=O) groups is 1. The molecule has 128 valence electrons. The summed E-state index contributed by atoms with van der Waals surface area (Å²) < 4.78 is 26.1. The Balaban J connectivity index is 2.11. The van der Waals surface area contributed by atoms with Crippen LogP contribution in [-0.2, 0) is 14.8 Å². The number of anilines is 1. The van der Waals surface area contributed by atoms with Crippen molar-refractivity contribution in [2.75, 3.05) is 18.9 Å². The summed E-state index contributed by atoms with van der Waals surface area (Å²) in [7, 11) is -2.49. The van der Waals surface area contributed by atoms with Crippen LogP contribution in [0.5, 0.6) is 0 Å². The summed E-state index contributed by atoms with van der Waals surface area (Å²) in [5, 5.41) is 2.81. The molecule has 2 aromatic carbocycles. The van der Waals surface area contributed by atoms with E-state index in [0.717, 1.165) is 15.4 Å². The lowest BCUT2D eigenvalue weighted by molar-refractivity contribution is -0.116. The van der Waals surface area contributed by atoms with Gasteiger partial charge < -0.3 is 5.32 Å². The Kier molecular flexibility index (Phi) is 5.64. The first kappa shape index (κ1) is 18.4. The zero-order valence-corrected chi connectivity index (χ0v) is 15.3. The van der Waals surface area contributed by atoms with E-state index in [-0.39, 0.29) is 16.5 Å². The standard InChI is InChI=1S/C17H19ClN2O3S/c1-12-4-7-14(8-5-12)19-17(21)11-20(3)24(22,23)16-9-6-13(2)10-15(16)18/h4-10H,11H2,1-3H3,(H,19,21). The number of nitrogens with zero attached hydrogens (tertiary/aromatic N) is 1. The van der Waals surface area contributed by atoms with Gasteiger partial charge in [-0.1, -0.05) is 35.4 Å². The van der Waals surface area contributed by atoms with Crippen molar-refractivity contribution in [2.24, 2.45) is 0 Å². The van der Waals surface area contributed by atoms with E-state index < -0.39 is 15.9 Å². The summed E-state index contributed by atoms with van der Waals surface area (Å²) in [6.07, 6.45) is 0. The van der Waals surface area contributed by atoms with Crippen molar-refractivity contribution >= 4 is 33.2 Å². The number of carbonyl (C=O) groups excluding carboxylic acids is 1. The van der Waals surface area contributed by atoms with Crippen LogP contribution in [0.4, 0.5) is 5.69 Å². The van der Waals surface area contributed by atoms with Crippen LogP contribution in [-0.4, -0.2) is 32.2 Å². The third kappa shape index (κ3) is 4.35. The van der Waals surface area contributed by atoms with E-state index in [2.05, 4.69) is 5.32 Å². The highest BCUT2D eigenvalue weighted by atomic mass is 35.5. The first-order chi connectivity index (χ1) is 11.2. The van der Waals surface area contributed by atoms with Gasteiger partial charge in [0.15, 0.2) is 0 Å². The summed E-state index contributed by atoms with van der Waals surface area (Å²) >= 11 is 6.03. The molecule has 1 N–H and O–H groups in total. The van der Waals surface area contributed by atoms with Gasteiger partial charge in [0.25, 0.3) is 0 Å². The largest absolute Gasteiger partial charge is 0.325 e. The molecule has 0 radical (unpaired) electrons. The quantitative estimate of drug-likeness (QED) is 0.883. The number of aryl methyl sites for hydroxylation is 2. The molecule has 0 saturated heterocycles. The van der Waals surface area contributed by atoms with Gasteiger partial charge in [-0.05, 0) is 43.7 Å². The molecule has 0 fully saturated rings. The fraction of sp³-hybridized carbons (Fsp3) is 0.235. The number of benzene rings is 2. The number of rotatable bonds is 5. The summed E-state index contributed by atoms with van der Waals surface area (Å²) in [5.74, 6) is -0.423. The van der Waals surface area contributed by atoms with E-state index in [1.165, 1.54) is 13.1 Å². The monoisotopic (exact) mass is 366 g/mol. The Morgan fingerprint density at radius 3 is 2.25 bits per heavy atom. The van der Waals surface area contributed by atoms with Gasteiger partial charge in [0, 0.05) is 12.7 Å². The van der Waals surface area contributed by atoms with Crippen LogP contribution in [0.15, 0.2) is 47.4 Å². The number of hydrogen-bond donors (Lipinski definition) is 1. The van der Waals surface area contributed by atoms with E-state index in [0.29, 0.717) is 5.69 Å². The molecule has 0 heterocycles. The average Bonchev–Trinajstić information content (AvgIpc) is 2.49. The van der Waals surface area contributed by atoms with Gasteiger partial charge in [0.1, 0.15) is 4.90 Å². The molecule has 0 aliphatic heterocycles. The maximum atomic E-state index is 12.6. The molecule has 0 atom stereocenters. The minimum atomic E-state index is -3.84. The molecule has 0 spiro atoms. The van der Waals surface area contributed by atoms with Crippen LogP contribution in [0.25, 0.3) is 0 Å². The van der Waals surface area contributed by atoms with E-state index in [1.54, 1.807) is 24.3 Å². The van der Waals surface area contributed by atoms with Gasteiger partial charge in [-0.25, -0.2) is 8.42 Å². The zero-order chi connectivity index (χ0) is 17.9. The van der Waals surface area contributed by atoms with Crippen molar-refractivity contribution in [3.8, 4) is 0 Å². The second-order valence-corrected chi connectivity index (χ2v) is 8.03. The van der Waals surface area contributed by atoms with Crippen molar-refractivity contribution in [1.29, 1.82) is 0 Å². The molecule has 0 aromatic heterocycles. The topological polar surface area (TPSA) is 66.5 Å². The molecular formula is C17H19ClN2O3S. The van der Waals surface area contributed by atoms with Gasteiger partial charge in [-0.3, -0.25) is 4.79 Å². The van der Waals surface area contributed by atoms with Gasteiger partial charge in [-0.2, -0.15) is 4.31 Å². The summed E-state index contributed by atoms with van der Waals surface area (Å²) in [4.78, 5) is 12.1. The van der Waals surface area contributed by atoms with E-state index in [9.17, 15) is 13.2 Å². The molecule has 24 heavy (non-hydrogen) atoms. The minimum Gasteiger partial charge on any atom is -0.325 e. The van der Waals surface area contributed by atoms with Gasteiger partial charge in [0.2, 0.25) is 15.9 Å². The van der Waals surface area contributed by atoms with Crippen molar-refractivity contribution < 1.29 is 13.2 Å². The van der Waals surface area contributed by atoms with Crippen molar-refractivity contribution in [3.05, 3.63) is 58.6 Å². The Hall–Kier alpha value is -1.89. The van der Waals surface area contributed by atoms with Crippen molar-refractivity contribution in [3.63, 3.8) is 0 Å². The Morgan fingerprint density at radius 1 is 1.08 bits per heavy atom. The molecule has 1 amide bonds. The number of hydrogen-bond acceptors (Lipinski definition) is 3. The molecule has 7 heteroatoms. The summed E-state index contributed by atoms with van der Waals surface area (Å²) in [6, 6.07) is 11.9. The molecule has 0 saturated carbocycles. The minimum absolute atomic E-state index is 0.0135. The molecule has 5 nitrogen and oxygen atoms in total. The highest BCUT2D eigenvalue weighted by Gasteiger charge is 2.25. The first-order valence-corrected chi connectivity index (χ1v) is 9.11. The number of sulfonamides is 1. The predicted octanol–water partition coefficient (Wildman–Crippen LogP) is 3.22. The van der Waals surface area contributed by atoms with Crippen LogP contribution in [0.3, 0.4) is 0 Å². The second-order valence-electron chi connectivity index (χ2n) is 5.61. The summed E-state index contributed by atoms with van der Waals surface area (Å²) in [5.41, 5.74) is 2.55. The third-order valence-electron chi connectivity index (χ3n) is 3.48. The van der Waals surface area contributed by atoms with Crippen molar-refractivity contribution in [1.82, 2.24) is 4.31 Å². The molecular weight excluding hydrogens is 348 g/mol. The normalized spacial score (nSPS) is 11.5. The van der Waals surface area contributed by atoms with Crippen molar-refractivity contribution in [2.45, 2.75) is 18.7 Å². The average molecular weight is 367 g/mol. The maximum Gasteiger partial charge on any atom is 0.244 e. The summed E-state index contributed by atoms with van der Waals surface area (Å²) in [6.45, 7) is 3.46. The third-order valence-corrected chi connectivity index (χ3v) is 5.76. The lowest BCUT2D eigenvalue weighted by Gasteiger charge is -2.18. The Morgan fingerprint density at radius 2 is 1.67 bits per heavy atom. The highest BCUT2D eigenvalue weighted by molar-refractivity contribution is 7.89. The van der Waals surface area contributed by atoms with E-state index in [1.807, 2.05) is 26.0 Å². The van der Waals surface area contributed by atoms with Gasteiger partial charge in [-0.15, -0.1) is 0 Å². The number of likely N-dealkylation sites (N-methyl/N-ethyl adjacent to an activating group) is 1. The molecule has 0 unspecified atom stereocenters. The first-order valence-electron chi connectivity index (χ1n) is 7.29. The molecule has 2 rings (SSSR count). The number of amides is 1. The Labute approximate surface area is 147 Å². The van der Waals surface area contributed by atoms with E-state index in [4.69, 9.17) is 11.6 Å². The highest BCUT2D eigenvalue weighted by Crippen LogP contribution is 2.25. The molecule has 0 bridgehead atoms. The van der Waals surface area contributed by atoms with Crippen LogP contribution in [0, 0.1) is 13.8 Å². The van der Waals surface area contributed by atoms with Gasteiger partial charge in [0.05, 0.1) is 11.6 Å². The van der Waals surface area contributed by atoms with Crippen LogP contribution in [0.1, 0.15) is 11.1 Å². The molecule has 0 aliphatic rings. The molecule has 0 aliphatic carbocycles. The van der Waals surface area contributed by atoms with E-state index >= 15 is 0 Å². The lowest BCUT2D eigenvalue weighted by atomic mass is 10.2. The maximum absolute atomic E-state index is 12.6. The predicted molar refractivity (Wildman–Crippen MR) is 95.8 cm³/mol. The molecule has 2 aromatic rings. The second kappa shape index (κ2) is 7.34. The zero-order valence-electron chi connectivity index (χ0n) is 13.7. The lowest BCUT2D eigenvalue weighted by Crippen LogP contribution is -2.35. The number of nitrogens with one attached hydrogen (secondary N) is 1. The van der Waals surface area contributed by atoms with Crippen LogP contribution < -0.4 is 5.32 Å². The smallest absolute Gasteiger partial charge is 0.244 e. The fourth-order valence-electron chi connectivity index (χ4n) is 2.11. The van der Waals surface area contributed by atoms with Crippen LogP contribution >= 0.6 is 11.6 Å². The van der Waals surface area contributed by atoms with Gasteiger partial charge >= 0.3 is 0 Å². The fourth-order valence-corrected chi connectivity index (χ4v) is 3.80. The Bertz CT molecular complexity index is 849. The van der Waals surface area contributed by atoms with Crippen LogP contribution in [0.2, 0.25) is 5.02 Å². The number of halogens is 1.